The first-order chi connectivity index (χ1) is 11.8. The third-order valence-corrected chi connectivity index (χ3v) is 4.58. The van der Waals surface area contributed by atoms with Crippen molar-refractivity contribution in [1.29, 1.82) is 0 Å². The van der Waals surface area contributed by atoms with Gasteiger partial charge in [0.2, 0.25) is 5.91 Å². The van der Waals surface area contributed by atoms with Crippen LogP contribution in [0.2, 0.25) is 0 Å². The summed E-state index contributed by atoms with van der Waals surface area (Å²) < 4.78 is 0. The van der Waals surface area contributed by atoms with Gasteiger partial charge in [-0.15, -0.1) is 0 Å². The van der Waals surface area contributed by atoms with Crippen LogP contribution in [-0.4, -0.2) is 10.9 Å². The molecule has 1 rings (SSSR count). The Bertz CT molecular complexity index is 406. The third kappa shape index (κ3) is 13.1. The molecule has 0 aromatic carbocycles. The van der Waals surface area contributed by atoms with Crippen LogP contribution in [0.3, 0.4) is 0 Å². The lowest BCUT2D eigenvalue weighted by Gasteiger charge is -2.03. The highest BCUT2D eigenvalue weighted by Gasteiger charge is 1.97. The average Bonchev–Trinajstić information content (AvgIpc) is 2.59. The van der Waals surface area contributed by atoms with E-state index in [9.17, 15) is 4.79 Å². The van der Waals surface area contributed by atoms with Gasteiger partial charge in [0, 0.05) is 18.3 Å². The van der Waals surface area contributed by atoms with Crippen LogP contribution < -0.4 is 5.73 Å². The first-order valence-electron chi connectivity index (χ1n) is 9.97. The zero-order valence-corrected chi connectivity index (χ0v) is 15.3. The maximum atomic E-state index is 10.6. The molecule has 0 bridgehead atoms. The van der Waals surface area contributed by atoms with Gasteiger partial charge >= 0.3 is 0 Å². The van der Waals surface area contributed by atoms with E-state index in [1.807, 2.05) is 12.3 Å². The highest BCUT2D eigenvalue weighted by molar-refractivity contribution is 5.73. The molecule has 1 heterocycles. The minimum atomic E-state index is -0.160. The number of nitrogens with two attached hydrogens (primary N) is 1. The van der Waals surface area contributed by atoms with Crippen molar-refractivity contribution in [3.05, 3.63) is 30.1 Å². The maximum Gasteiger partial charge on any atom is 0.217 e. The normalized spacial score (nSPS) is 10.8. The smallest absolute Gasteiger partial charge is 0.217 e. The fourth-order valence-corrected chi connectivity index (χ4v) is 3.10. The van der Waals surface area contributed by atoms with Crippen molar-refractivity contribution < 1.29 is 4.79 Å². The van der Waals surface area contributed by atoms with Gasteiger partial charge in [0.25, 0.3) is 0 Å². The Hall–Kier alpha value is -1.38. The van der Waals surface area contributed by atoms with E-state index in [-0.39, 0.29) is 5.91 Å². The van der Waals surface area contributed by atoms with Crippen molar-refractivity contribution in [2.75, 3.05) is 0 Å². The van der Waals surface area contributed by atoms with Crippen LogP contribution >= 0.6 is 0 Å². The molecule has 0 radical (unpaired) electrons. The van der Waals surface area contributed by atoms with Gasteiger partial charge in [-0.2, -0.15) is 0 Å². The summed E-state index contributed by atoms with van der Waals surface area (Å²) in [6.07, 6.45) is 20.5. The molecule has 136 valence electrons. The molecule has 1 aromatic rings. The van der Waals surface area contributed by atoms with Crippen LogP contribution in [0.1, 0.15) is 95.6 Å². The molecule has 0 aliphatic heterocycles. The Morgan fingerprint density at radius 1 is 0.750 bits per heavy atom. The van der Waals surface area contributed by atoms with Gasteiger partial charge in [0.1, 0.15) is 0 Å². The molecule has 0 fully saturated rings. The van der Waals surface area contributed by atoms with E-state index in [4.69, 9.17) is 5.73 Å². The molecule has 1 amide bonds. The van der Waals surface area contributed by atoms with Crippen LogP contribution in [0.5, 0.6) is 0 Å². The maximum absolute atomic E-state index is 10.6. The van der Waals surface area contributed by atoms with Gasteiger partial charge in [0.05, 0.1) is 0 Å². The number of rotatable bonds is 16. The number of nitrogens with zero attached hydrogens (tertiary/aromatic N) is 1. The number of pyridine rings is 1. The number of amides is 1. The molecule has 0 saturated carbocycles. The number of hydrogen-bond acceptors (Lipinski definition) is 2. The van der Waals surface area contributed by atoms with E-state index in [0.717, 1.165) is 19.3 Å². The average molecular weight is 333 g/mol. The fourth-order valence-electron chi connectivity index (χ4n) is 3.10. The standard InChI is InChI=1S/C21H36N2O/c22-21(24)18-13-11-9-7-5-3-1-2-4-6-8-10-12-16-20-17-14-15-19-23-20/h14-15,17,19H,1-13,16,18H2,(H2,22,24). The Balaban J connectivity index is 1.72. The fraction of sp³-hybridized carbons (Fsp3) is 0.714. The van der Waals surface area contributed by atoms with E-state index in [1.54, 1.807) is 0 Å². The first-order valence-corrected chi connectivity index (χ1v) is 9.97. The van der Waals surface area contributed by atoms with Crippen molar-refractivity contribution in [2.45, 2.75) is 96.3 Å². The van der Waals surface area contributed by atoms with Gasteiger partial charge < -0.3 is 5.73 Å². The van der Waals surface area contributed by atoms with E-state index < -0.39 is 0 Å². The zero-order valence-electron chi connectivity index (χ0n) is 15.3. The molecule has 1 aromatic heterocycles. The molecule has 0 aliphatic rings. The number of primary amides is 1. The molecule has 3 heteroatoms. The first kappa shape index (κ1) is 20.7. The van der Waals surface area contributed by atoms with Gasteiger partial charge in [-0.25, -0.2) is 0 Å². The van der Waals surface area contributed by atoms with Crippen molar-refractivity contribution in [2.24, 2.45) is 5.73 Å². The predicted molar refractivity (Wildman–Crippen MR) is 102 cm³/mol. The molecule has 0 saturated heterocycles. The summed E-state index contributed by atoms with van der Waals surface area (Å²) >= 11 is 0. The second kappa shape index (κ2) is 15.2. The Labute approximate surface area is 148 Å². The molecule has 3 nitrogen and oxygen atoms in total. The summed E-state index contributed by atoms with van der Waals surface area (Å²) in [6.45, 7) is 0. The Morgan fingerprint density at radius 2 is 1.25 bits per heavy atom. The topological polar surface area (TPSA) is 56.0 Å². The van der Waals surface area contributed by atoms with Gasteiger partial charge in [-0.1, -0.05) is 76.7 Å². The lowest BCUT2D eigenvalue weighted by atomic mass is 10.0. The Kier molecular flexibility index (Phi) is 13.1. The molecular formula is C21H36N2O. The SMILES string of the molecule is NC(=O)CCCCCCCCCCCCCCCc1ccccn1. The van der Waals surface area contributed by atoms with E-state index in [0.29, 0.717) is 6.42 Å². The number of aryl methyl sites for hydroxylation is 1. The van der Waals surface area contributed by atoms with E-state index in [1.165, 1.54) is 76.3 Å². The minimum Gasteiger partial charge on any atom is -0.370 e. The molecule has 0 spiro atoms. The molecular weight excluding hydrogens is 296 g/mol. The number of carbonyl (C=O) groups is 1. The molecule has 2 N–H and O–H groups in total. The summed E-state index contributed by atoms with van der Waals surface area (Å²) in [6, 6.07) is 6.18. The molecule has 24 heavy (non-hydrogen) atoms. The highest BCUT2D eigenvalue weighted by Crippen LogP contribution is 2.13. The largest absolute Gasteiger partial charge is 0.370 e. The number of hydrogen-bond donors (Lipinski definition) is 1. The summed E-state index contributed by atoms with van der Waals surface area (Å²) in [5.41, 5.74) is 6.35. The van der Waals surface area contributed by atoms with Crippen LogP contribution in [0.4, 0.5) is 0 Å². The predicted octanol–water partition coefficient (Wildman–Crippen LogP) is 5.57. The lowest BCUT2D eigenvalue weighted by molar-refractivity contribution is -0.118. The van der Waals surface area contributed by atoms with Crippen LogP contribution in [0.25, 0.3) is 0 Å². The molecule has 0 unspecified atom stereocenters. The second-order valence-electron chi connectivity index (χ2n) is 6.88. The second-order valence-corrected chi connectivity index (χ2v) is 6.88. The Morgan fingerprint density at radius 3 is 1.71 bits per heavy atom. The number of aromatic nitrogens is 1. The lowest BCUT2D eigenvalue weighted by Crippen LogP contribution is -2.09. The summed E-state index contributed by atoms with van der Waals surface area (Å²) in [5.74, 6) is -0.160. The van der Waals surface area contributed by atoms with Crippen molar-refractivity contribution in [1.82, 2.24) is 4.98 Å². The van der Waals surface area contributed by atoms with Gasteiger partial charge in [-0.05, 0) is 31.4 Å². The monoisotopic (exact) mass is 332 g/mol. The van der Waals surface area contributed by atoms with Gasteiger partial charge in [0.15, 0.2) is 0 Å². The quantitative estimate of drug-likeness (QED) is 0.402. The molecule has 0 aliphatic carbocycles. The van der Waals surface area contributed by atoms with Crippen molar-refractivity contribution in [3.8, 4) is 0 Å². The van der Waals surface area contributed by atoms with Crippen LogP contribution in [-0.2, 0) is 11.2 Å². The molecule has 0 atom stereocenters. The van der Waals surface area contributed by atoms with Crippen LogP contribution in [0.15, 0.2) is 24.4 Å². The summed E-state index contributed by atoms with van der Waals surface area (Å²) in [5, 5.41) is 0. The zero-order chi connectivity index (χ0) is 17.3. The van der Waals surface area contributed by atoms with Crippen LogP contribution in [0, 0.1) is 0 Å². The highest BCUT2D eigenvalue weighted by atomic mass is 16.1. The van der Waals surface area contributed by atoms with Crippen molar-refractivity contribution >= 4 is 5.91 Å². The third-order valence-electron chi connectivity index (χ3n) is 4.58. The number of carbonyl (C=O) groups excluding carboxylic acids is 1. The minimum absolute atomic E-state index is 0.160. The summed E-state index contributed by atoms with van der Waals surface area (Å²) in [7, 11) is 0. The van der Waals surface area contributed by atoms with Crippen molar-refractivity contribution in [3.63, 3.8) is 0 Å². The van der Waals surface area contributed by atoms with E-state index in [2.05, 4.69) is 17.1 Å². The summed E-state index contributed by atoms with van der Waals surface area (Å²) in [4.78, 5) is 15.0. The number of unbranched alkanes of at least 4 members (excludes halogenated alkanes) is 12. The van der Waals surface area contributed by atoms with E-state index >= 15 is 0 Å². The van der Waals surface area contributed by atoms with Gasteiger partial charge in [-0.3, -0.25) is 9.78 Å².